The van der Waals surface area contributed by atoms with Crippen molar-refractivity contribution in [1.29, 1.82) is 0 Å². The smallest absolute Gasteiger partial charge is 0.274 e. The Kier molecular flexibility index (Phi) is 5.66. The van der Waals surface area contributed by atoms with Crippen molar-refractivity contribution in [3.63, 3.8) is 0 Å². The first-order valence-electron chi connectivity index (χ1n) is 7.36. The number of benzene rings is 1. The average Bonchev–Trinajstić information content (AvgIpc) is 2.59. The Morgan fingerprint density at radius 3 is 2.50 bits per heavy atom. The first kappa shape index (κ1) is 18.1. The van der Waals surface area contributed by atoms with Gasteiger partial charge in [0.05, 0.1) is 16.6 Å². The molecule has 1 aromatic carbocycles. The van der Waals surface area contributed by atoms with Crippen LogP contribution in [0.1, 0.15) is 41.0 Å². The highest BCUT2D eigenvalue weighted by Gasteiger charge is 2.21. The van der Waals surface area contributed by atoms with Gasteiger partial charge in [-0.1, -0.05) is 24.6 Å². The molecule has 8 heteroatoms. The number of aromatic nitrogens is 1. The van der Waals surface area contributed by atoms with Gasteiger partial charge in [-0.15, -0.1) is 0 Å². The van der Waals surface area contributed by atoms with Crippen molar-refractivity contribution in [2.75, 3.05) is 0 Å². The largest absolute Gasteiger partial charge is 0.288 e. The molecule has 1 atom stereocenters. The summed E-state index contributed by atoms with van der Waals surface area (Å²) in [4.78, 5) is 15.8. The van der Waals surface area contributed by atoms with Crippen molar-refractivity contribution in [3.05, 3.63) is 59.4 Å². The van der Waals surface area contributed by atoms with E-state index in [2.05, 4.69) is 9.71 Å². The Hall–Kier alpha value is -2.29. The van der Waals surface area contributed by atoms with Crippen LogP contribution in [0.15, 0.2) is 47.5 Å². The highest BCUT2D eigenvalue weighted by Crippen LogP contribution is 2.19. The van der Waals surface area contributed by atoms with Gasteiger partial charge in [-0.05, 0) is 37.6 Å². The zero-order valence-corrected chi connectivity index (χ0v) is 14.2. The van der Waals surface area contributed by atoms with Crippen LogP contribution in [0, 0.1) is 6.92 Å². The van der Waals surface area contributed by atoms with Crippen LogP contribution in [0.2, 0.25) is 0 Å². The number of hydrogen-bond donors (Lipinski definition) is 3. The van der Waals surface area contributed by atoms with Gasteiger partial charge >= 0.3 is 0 Å². The summed E-state index contributed by atoms with van der Waals surface area (Å²) in [7, 11) is -3.72. The third kappa shape index (κ3) is 4.16. The number of pyridine rings is 1. The molecular weight excluding hydrogens is 330 g/mol. The normalized spacial score (nSPS) is 12.6. The molecule has 0 spiro atoms. The van der Waals surface area contributed by atoms with E-state index >= 15 is 0 Å². The van der Waals surface area contributed by atoms with Crippen molar-refractivity contribution in [1.82, 2.24) is 15.2 Å². The Morgan fingerprint density at radius 2 is 1.92 bits per heavy atom. The molecule has 0 aliphatic carbocycles. The van der Waals surface area contributed by atoms with Gasteiger partial charge in [0, 0.05) is 11.8 Å². The molecule has 7 nitrogen and oxygen atoms in total. The lowest BCUT2D eigenvalue weighted by atomic mass is 10.1. The highest BCUT2D eigenvalue weighted by atomic mass is 32.2. The van der Waals surface area contributed by atoms with Gasteiger partial charge in [0.15, 0.2) is 0 Å². The zero-order chi connectivity index (χ0) is 17.7. The molecule has 1 aromatic heterocycles. The molecule has 128 valence electrons. The van der Waals surface area contributed by atoms with Crippen molar-refractivity contribution in [2.45, 2.75) is 31.2 Å². The minimum atomic E-state index is -3.72. The van der Waals surface area contributed by atoms with Crippen LogP contribution in [-0.4, -0.2) is 24.5 Å². The number of nitrogens with one attached hydrogen (secondary N) is 2. The third-order valence-corrected chi connectivity index (χ3v) is 5.03. The van der Waals surface area contributed by atoms with Gasteiger partial charge in [-0.2, -0.15) is 0 Å². The Bertz CT molecular complexity index is 819. The number of nitrogens with zero attached hydrogens (tertiary/aromatic N) is 1. The topological polar surface area (TPSA) is 108 Å². The van der Waals surface area contributed by atoms with Crippen molar-refractivity contribution in [3.8, 4) is 0 Å². The van der Waals surface area contributed by atoms with Crippen LogP contribution in [0.3, 0.4) is 0 Å². The molecule has 0 fully saturated rings. The molecule has 24 heavy (non-hydrogen) atoms. The van der Waals surface area contributed by atoms with Gasteiger partial charge < -0.3 is 0 Å². The summed E-state index contributed by atoms with van der Waals surface area (Å²) < 4.78 is 27.6. The van der Waals surface area contributed by atoms with E-state index in [0.29, 0.717) is 12.1 Å². The quantitative estimate of drug-likeness (QED) is 0.545. The molecule has 0 saturated heterocycles. The number of aryl methyl sites for hydroxylation is 1. The van der Waals surface area contributed by atoms with E-state index in [1.54, 1.807) is 12.1 Å². The second-order valence-corrected chi connectivity index (χ2v) is 7.02. The number of hydrogen-bond acceptors (Lipinski definition) is 5. The Morgan fingerprint density at radius 1 is 1.25 bits per heavy atom. The van der Waals surface area contributed by atoms with Crippen molar-refractivity contribution in [2.24, 2.45) is 0 Å². The minimum Gasteiger partial charge on any atom is -0.288 e. The van der Waals surface area contributed by atoms with Crippen LogP contribution in [0.5, 0.6) is 0 Å². The molecule has 3 N–H and O–H groups in total. The van der Waals surface area contributed by atoms with Crippen LogP contribution >= 0.6 is 0 Å². The first-order valence-corrected chi connectivity index (χ1v) is 8.85. The molecule has 2 aromatic rings. The van der Waals surface area contributed by atoms with Crippen molar-refractivity contribution >= 4 is 15.9 Å². The second kappa shape index (κ2) is 7.52. The van der Waals surface area contributed by atoms with Gasteiger partial charge in [0.25, 0.3) is 5.91 Å². The summed E-state index contributed by atoms with van der Waals surface area (Å²) >= 11 is 0. The number of rotatable bonds is 6. The molecule has 0 aliphatic heterocycles. The number of amides is 1. The van der Waals surface area contributed by atoms with Gasteiger partial charge in [-0.25, -0.2) is 18.6 Å². The number of sulfonamides is 1. The van der Waals surface area contributed by atoms with Gasteiger partial charge in [0.2, 0.25) is 10.0 Å². The molecule has 0 radical (unpaired) electrons. The lowest BCUT2D eigenvalue weighted by Crippen LogP contribution is -2.29. The SMILES string of the molecule is CC[C@@H](NS(=O)(=O)c1ccc(C)cc1)c1cc(C(=O)NO)ccn1. The monoisotopic (exact) mass is 349 g/mol. The summed E-state index contributed by atoms with van der Waals surface area (Å²) in [6.07, 6.45) is 1.84. The van der Waals surface area contributed by atoms with E-state index < -0.39 is 22.0 Å². The maximum Gasteiger partial charge on any atom is 0.274 e. The lowest BCUT2D eigenvalue weighted by Gasteiger charge is -2.17. The molecule has 2 rings (SSSR count). The maximum atomic E-state index is 12.5. The van der Waals surface area contributed by atoms with Gasteiger partial charge in [0.1, 0.15) is 0 Å². The van der Waals surface area contributed by atoms with E-state index in [-0.39, 0.29) is 10.5 Å². The number of carbonyl (C=O) groups excluding carboxylic acids is 1. The molecule has 0 saturated carbocycles. The molecular formula is C16H19N3O4S. The summed E-state index contributed by atoms with van der Waals surface area (Å²) in [5.41, 5.74) is 3.09. The zero-order valence-electron chi connectivity index (χ0n) is 13.4. The number of hydroxylamine groups is 1. The predicted molar refractivity (Wildman–Crippen MR) is 88.0 cm³/mol. The fourth-order valence-corrected chi connectivity index (χ4v) is 3.46. The average molecular weight is 349 g/mol. The lowest BCUT2D eigenvalue weighted by molar-refractivity contribution is 0.0706. The standard InChI is InChI=1S/C16H19N3O4S/c1-3-14(15-10-12(8-9-17-15)16(20)18-21)19-24(22,23)13-6-4-11(2)5-7-13/h4-10,14,19,21H,3H2,1-2H3,(H,18,20)/t14-/m1/s1. The van der Waals surface area contributed by atoms with E-state index in [4.69, 9.17) is 5.21 Å². The second-order valence-electron chi connectivity index (χ2n) is 5.31. The molecule has 1 amide bonds. The first-order chi connectivity index (χ1) is 11.4. The molecule has 0 aliphatic rings. The summed E-state index contributed by atoms with van der Waals surface area (Å²) in [6.45, 7) is 3.68. The van der Waals surface area contributed by atoms with E-state index in [1.807, 2.05) is 13.8 Å². The summed E-state index contributed by atoms with van der Waals surface area (Å²) in [5, 5.41) is 8.70. The summed E-state index contributed by atoms with van der Waals surface area (Å²) in [5.74, 6) is -0.685. The van der Waals surface area contributed by atoms with Crippen LogP contribution < -0.4 is 10.2 Å². The van der Waals surface area contributed by atoms with Gasteiger partial charge in [-0.3, -0.25) is 15.0 Å². The molecule has 1 heterocycles. The number of carbonyl (C=O) groups is 1. The fourth-order valence-electron chi connectivity index (χ4n) is 2.17. The molecule has 0 bridgehead atoms. The minimum absolute atomic E-state index is 0.163. The summed E-state index contributed by atoms with van der Waals surface area (Å²) in [6, 6.07) is 8.79. The molecule has 0 unspecified atom stereocenters. The highest BCUT2D eigenvalue weighted by molar-refractivity contribution is 7.89. The Labute approximate surface area is 140 Å². The van der Waals surface area contributed by atoms with E-state index in [9.17, 15) is 13.2 Å². The maximum absolute atomic E-state index is 12.5. The van der Waals surface area contributed by atoms with Crippen LogP contribution in [-0.2, 0) is 10.0 Å². The fraction of sp³-hybridized carbons (Fsp3) is 0.250. The van der Waals surface area contributed by atoms with E-state index in [0.717, 1.165) is 5.56 Å². The van der Waals surface area contributed by atoms with E-state index in [1.165, 1.54) is 35.9 Å². The van der Waals surface area contributed by atoms with Crippen LogP contribution in [0.4, 0.5) is 0 Å². The van der Waals surface area contributed by atoms with Crippen molar-refractivity contribution < 1.29 is 18.4 Å². The van der Waals surface area contributed by atoms with Crippen LogP contribution in [0.25, 0.3) is 0 Å². The third-order valence-electron chi connectivity index (χ3n) is 3.54. The Balaban J connectivity index is 2.29. The predicted octanol–water partition coefficient (Wildman–Crippen LogP) is 1.94.